The highest BCUT2D eigenvalue weighted by molar-refractivity contribution is 5.99. The van der Waals surface area contributed by atoms with Crippen LogP contribution in [-0.2, 0) is 19.1 Å². The van der Waals surface area contributed by atoms with Crippen LogP contribution in [0.15, 0.2) is 10.7 Å². The molecule has 3 rings (SSSR count). The van der Waals surface area contributed by atoms with E-state index in [0.717, 1.165) is 5.56 Å². The lowest BCUT2D eigenvalue weighted by molar-refractivity contribution is -0.184. The molecule has 1 saturated carbocycles. The van der Waals surface area contributed by atoms with Gasteiger partial charge in [-0.15, -0.1) is 0 Å². The van der Waals surface area contributed by atoms with E-state index in [0.29, 0.717) is 24.2 Å². The molecule has 6 nitrogen and oxygen atoms in total. The summed E-state index contributed by atoms with van der Waals surface area (Å²) in [6.07, 6.45) is 1.79. The van der Waals surface area contributed by atoms with E-state index in [2.05, 4.69) is 0 Å². The smallest absolute Gasteiger partial charge is 0.309 e. The molecule has 1 aromatic rings. The number of fused-ring (bicyclic) bond motifs is 2. The van der Waals surface area contributed by atoms with Crippen molar-refractivity contribution in [1.29, 1.82) is 0 Å². The van der Waals surface area contributed by atoms with Gasteiger partial charge in [0.25, 0.3) is 0 Å². The third-order valence-corrected chi connectivity index (χ3v) is 6.44. The highest BCUT2D eigenvalue weighted by atomic mass is 16.6. The number of hydrogen-bond acceptors (Lipinski definition) is 6. The van der Waals surface area contributed by atoms with Crippen LogP contribution in [0.3, 0.4) is 0 Å². The van der Waals surface area contributed by atoms with Gasteiger partial charge in [-0.1, -0.05) is 27.7 Å². The predicted molar refractivity (Wildman–Crippen MR) is 97.0 cm³/mol. The summed E-state index contributed by atoms with van der Waals surface area (Å²) in [6.45, 7) is 10.8. The zero-order chi connectivity index (χ0) is 20.1. The number of carbonyl (C=O) groups is 3. The first-order valence-electron chi connectivity index (χ1n) is 9.58. The van der Waals surface area contributed by atoms with Crippen LogP contribution in [0.4, 0.5) is 0 Å². The number of carbonyl (C=O) groups excluding carboxylic acids is 3. The van der Waals surface area contributed by atoms with Crippen molar-refractivity contribution >= 4 is 17.7 Å². The molecule has 0 spiro atoms. The lowest BCUT2D eigenvalue weighted by Gasteiger charge is -2.53. The van der Waals surface area contributed by atoms with Crippen molar-refractivity contribution in [3.05, 3.63) is 23.2 Å². The molecule has 27 heavy (non-hydrogen) atoms. The molecule has 0 N–H and O–H groups in total. The van der Waals surface area contributed by atoms with E-state index in [9.17, 15) is 14.4 Å². The first kappa shape index (κ1) is 19.6. The van der Waals surface area contributed by atoms with Gasteiger partial charge in [0.05, 0.1) is 12.2 Å². The van der Waals surface area contributed by atoms with Crippen LogP contribution in [-0.4, -0.2) is 23.8 Å². The minimum Gasteiger partial charge on any atom is -0.462 e. The van der Waals surface area contributed by atoms with Crippen molar-refractivity contribution in [2.75, 3.05) is 0 Å². The second-order valence-corrected chi connectivity index (χ2v) is 8.43. The van der Waals surface area contributed by atoms with Crippen molar-refractivity contribution in [2.24, 2.45) is 23.2 Å². The summed E-state index contributed by atoms with van der Waals surface area (Å²) in [5.41, 5.74) is 0.770. The number of furan rings is 1. The first-order chi connectivity index (χ1) is 12.6. The minimum atomic E-state index is -0.679. The van der Waals surface area contributed by atoms with E-state index < -0.39 is 11.5 Å². The van der Waals surface area contributed by atoms with Gasteiger partial charge >= 0.3 is 11.9 Å². The number of esters is 2. The highest BCUT2D eigenvalue weighted by Gasteiger charge is 2.61. The molecule has 0 amide bonds. The molecule has 2 aliphatic rings. The van der Waals surface area contributed by atoms with E-state index in [-0.39, 0.29) is 41.6 Å². The van der Waals surface area contributed by atoms with E-state index in [1.165, 1.54) is 6.92 Å². The van der Waals surface area contributed by atoms with Gasteiger partial charge in [-0.3, -0.25) is 14.4 Å². The quantitative estimate of drug-likeness (QED) is 0.741. The summed E-state index contributed by atoms with van der Waals surface area (Å²) in [4.78, 5) is 37.2. The van der Waals surface area contributed by atoms with Crippen LogP contribution in [0.1, 0.15) is 75.2 Å². The fourth-order valence-corrected chi connectivity index (χ4v) is 4.70. The van der Waals surface area contributed by atoms with Gasteiger partial charge in [-0.2, -0.15) is 0 Å². The maximum atomic E-state index is 13.2. The van der Waals surface area contributed by atoms with Gasteiger partial charge < -0.3 is 13.9 Å². The molecule has 2 aliphatic carbocycles. The summed E-state index contributed by atoms with van der Waals surface area (Å²) < 4.78 is 17.1. The van der Waals surface area contributed by atoms with Crippen LogP contribution in [0, 0.1) is 30.1 Å². The number of ether oxygens (including phenoxy) is 2. The SMILES string of the molecule is CC(=O)O[C@H]1CC[C@H]2C(=O)c3occ(C)c3[C@@H](OC(=O)C(C)C)[C@]2(C)[C@H]1C. The second-order valence-electron chi connectivity index (χ2n) is 8.43. The van der Waals surface area contributed by atoms with Gasteiger partial charge in [0.1, 0.15) is 12.2 Å². The summed E-state index contributed by atoms with van der Waals surface area (Å²) >= 11 is 0. The Morgan fingerprint density at radius 3 is 2.52 bits per heavy atom. The Kier molecular flexibility index (Phi) is 4.95. The van der Waals surface area contributed by atoms with Crippen LogP contribution in [0.2, 0.25) is 0 Å². The number of aryl methyl sites for hydroxylation is 1. The third-order valence-electron chi connectivity index (χ3n) is 6.44. The van der Waals surface area contributed by atoms with E-state index in [1.807, 2.05) is 20.8 Å². The van der Waals surface area contributed by atoms with E-state index >= 15 is 0 Å². The number of ketones is 1. The van der Waals surface area contributed by atoms with Crippen LogP contribution >= 0.6 is 0 Å². The number of hydrogen-bond donors (Lipinski definition) is 0. The van der Waals surface area contributed by atoms with Crippen molar-refractivity contribution in [3.63, 3.8) is 0 Å². The molecule has 1 heterocycles. The van der Waals surface area contributed by atoms with Crippen LogP contribution in [0.5, 0.6) is 0 Å². The molecule has 0 bridgehead atoms. The summed E-state index contributed by atoms with van der Waals surface area (Å²) in [5.74, 6) is -1.20. The zero-order valence-corrected chi connectivity index (χ0v) is 16.8. The molecule has 0 radical (unpaired) electrons. The Hall–Kier alpha value is -2.11. The average molecular weight is 376 g/mol. The fraction of sp³-hybridized carbons (Fsp3) is 0.667. The largest absolute Gasteiger partial charge is 0.462 e. The normalized spacial score (nSPS) is 32.6. The molecule has 1 aromatic heterocycles. The molecule has 0 aromatic carbocycles. The molecule has 0 aliphatic heterocycles. The Morgan fingerprint density at radius 1 is 1.26 bits per heavy atom. The van der Waals surface area contributed by atoms with Crippen molar-refractivity contribution < 1.29 is 28.3 Å². The monoisotopic (exact) mass is 376 g/mol. The van der Waals surface area contributed by atoms with Crippen LogP contribution < -0.4 is 0 Å². The summed E-state index contributed by atoms with van der Waals surface area (Å²) in [6, 6.07) is 0. The summed E-state index contributed by atoms with van der Waals surface area (Å²) in [7, 11) is 0. The van der Waals surface area contributed by atoms with E-state index in [4.69, 9.17) is 13.9 Å². The lowest BCUT2D eigenvalue weighted by atomic mass is 9.53. The second kappa shape index (κ2) is 6.80. The lowest BCUT2D eigenvalue weighted by Crippen LogP contribution is -2.55. The molecular formula is C21H28O6. The van der Waals surface area contributed by atoms with Crippen molar-refractivity contribution in [2.45, 2.75) is 66.6 Å². The Labute approximate surface area is 159 Å². The predicted octanol–water partition coefficient (Wildman–Crippen LogP) is 4.01. The maximum Gasteiger partial charge on any atom is 0.309 e. The summed E-state index contributed by atoms with van der Waals surface area (Å²) in [5, 5.41) is 0. The molecule has 0 saturated heterocycles. The topological polar surface area (TPSA) is 82.8 Å². The fourth-order valence-electron chi connectivity index (χ4n) is 4.70. The molecule has 5 atom stereocenters. The standard InChI is InChI=1S/C21H28O6/c1-10(2)20(24)27-19-16-11(3)9-25-18(16)17(23)14-7-8-15(26-13(5)22)12(4)21(14,19)6/h9-10,12,14-15,19H,7-8H2,1-6H3/t12-,14-,15-,19+,21+/m0/s1. The zero-order valence-electron chi connectivity index (χ0n) is 16.8. The maximum absolute atomic E-state index is 13.2. The minimum absolute atomic E-state index is 0.0504. The molecular weight excluding hydrogens is 348 g/mol. The third kappa shape index (κ3) is 2.99. The highest BCUT2D eigenvalue weighted by Crippen LogP contribution is 2.60. The first-order valence-corrected chi connectivity index (χ1v) is 9.58. The van der Waals surface area contributed by atoms with Gasteiger partial charge in [-0.25, -0.2) is 0 Å². The molecule has 6 heteroatoms. The van der Waals surface area contributed by atoms with Gasteiger partial charge in [0.2, 0.25) is 5.78 Å². The van der Waals surface area contributed by atoms with Crippen molar-refractivity contribution in [3.8, 4) is 0 Å². The van der Waals surface area contributed by atoms with Gasteiger partial charge in [-0.05, 0) is 25.3 Å². The molecule has 148 valence electrons. The van der Waals surface area contributed by atoms with E-state index in [1.54, 1.807) is 20.1 Å². The Balaban J connectivity index is 2.11. The number of rotatable bonds is 3. The average Bonchev–Trinajstić information content (AvgIpc) is 2.96. The molecule has 1 fully saturated rings. The van der Waals surface area contributed by atoms with Crippen LogP contribution in [0.25, 0.3) is 0 Å². The number of Topliss-reactive ketones (excluding diaryl/α,β-unsaturated/α-hetero) is 1. The van der Waals surface area contributed by atoms with Gasteiger partial charge in [0, 0.05) is 29.7 Å². The van der Waals surface area contributed by atoms with Crippen molar-refractivity contribution in [1.82, 2.24) is 0 Å². The molecule has 0 unspecified atom stereocenters. The Morgan fingerprint density at radius 2 is 1.93 bits per heavy atom. The van der Waals surface area contributed by atoms with Gasteiger partial charge in [0.15, 0.2) is 5.76 Å². The Bertz CT molecular complexity index is 776.